The van der Waals surface area contributed by atoms with Crippen molar-refractivity contribution in [3.8, 4) is 0 Å². The molecule has 1 rings (SSSR count). The van der Waals surface area contributed by atoms with Crippen LogP contribution in [0, 0.1) is 10.1 Å². The predicted octanol–water partition coefficient (Wildman–Crippen LogP) is 2.91. The maximum absolute atomic E-state index is 10.7. The molecule has 0 heterocycles. The zero-order valence-electron chi connectivity index (χ0n) is 11.2. The van der Waals surface area contributed by atoms with E-state index in [0.29, 0.717) is 6.61 Å². The lowest BCUT2D eigenvalue weighted by Gasteiger charge is -2.18. The smallest absolute Gasteiger partial charge is 0.270 e. The zero-order valence-corrected chi connectivity index (χ0v) is 12.8. The van der Waals surface area contributed by atoms with Crippen molar-refractivity contribution in [2.24, 2.45) is 0 Å². The van der Waals surface area contributed by atoms with Crippen LogP contribution in [0.1, 0.15) is 18.9 Å². The number of halogens is 1. The first-order valence-electron chi connectivity index (χ1n) is 6.23. The SMILES string of the molecule is CCCNC(COC)Cc1ccc([N+](=O)[O-])cc1Br. The Labute approximate surface area is 121 Å². The summed E-state index contributed by atoms with van der Waals surface area (Å²) in [6.45, 7) is 3.65. The van der Waals surface area contributed by atoms with E-state index in [1.54, 1.807) is 19.2 Å². The first-order chi connectivity index (χ1) is 9.08. The molecule has 19 heavy (non-hydrogen) atoms. The molecule has 0 aliphatic carbocycles. The summed E-state index contributed by atoms with van der Waals surface area (Å²) in [6.07, 6.45) is 1.83. The molecular formula is C13H19BrN2O3. The van der Waals surface area contributed by atoms with Crippen molar-refractivity contribution < 1.29 is 9.66 Å². The Morgan fingerprint density at radius 2 is 2.26 bits per heavy atom. The molecule has 0 aromatic heterocycles. The number of nitrogens with zero attached hydrogens (tertiary/aromatic N) is 1. The number of nitro benzene ring substituents is 1. The van der Waals surface area contributed by atoms with Gasteiger partial charge in [-0.1, -0.05) is 28.9 Å². The van der Waals surface area contributed by atoms with Gasteiger partial charge in [-0.25, -0.2) is 0 Å². The molecule has 0 bridgehead atoms. The number of methoxy groups -OCH3 is 1. The minimum Gasteiger partial charge on any atom is -0.383 e. The second-order valence-electron chi connectivity index (χ2n) is 4.34. The predicted molar refractivity (Wildman–Crippen MR) is 78.5 cm³/mol. The third kappa shape index (κ3) is 5.26. The van der Waals surface area contributed by atoms with Gasteiger partial charge in [0.2, 0.25) is 0 Å². The maximum Gasteiger partial charge on any atom is 0.270 e. The van der Waals surface area contributed by atoms with E-state index < -0.39 is 4.92 Å². The van der Waals surface area contributed by atoms with Gasteiger partial charge in [0.05, 0.1) is 11.5 Å². The molecule has 0 amide bonds. The van der Waals surface area contributed by atoms with Crippen molar-refractivity contribution in [2.75, 3.05) is 20.3 Å². The minimum absolute atomic E-state index is 0.0976. The van der Waals surface area contributed by atoms with Crippen molar-refractivity contribution >= 4 is 21.6 Å². The quantitative estimate of drug-likeness (QED) is 0.588. The van der Waals surface area contributed by atoms with Gasteiger partial charge < -0.3 is 10.1 Å². The zero-order chi connectivity index (χ0) is 14.3. The van der Waals surface area contributed by atoms with Crippen LogP contribution >= 0.6 is 15.9 Å². The van der Waals surface area contributed by atoms with Gasteiger partial charge in [0.15, 0.2) is 0 Å². The lowest BCUT2D eigenvalue weighted by molar-refractivity contribution is -0.384. The fourth-order valence-corrected chi connectivity index (χ4v) is 2.35. The van der Waals surface area contributed by atoms with Crippen LogP contribution in [0.5, 0.6) is 0 Å². The Kier molecular flexibility index (Phi) is 6.97. The summed E-state index contributed by atoms with van der Waals surface area (Å²) in [4.78, 5) is 10.3. The van der Waals surface area contributed by atoms with Gasteiger partial charge in [-0.05, 0) is 24.9 Å². The first kappa shape index (κ1) is 16.1. The first-order valence-corrected chi connectivity index (χ1v) is 7.03. The summed E-state index contributed by atoms with van der Waals surface area (Å²) < 4.78 is 5.95. The molecule has 5 nitrogen and oxygen atoms in total. The molecule has 0 radical (unpaired) electrons. The third-order valence-electron chi connectivity index (χ3n) is 2.76. The Balaban J connectivity index is 2.75. The van der Waals surface area contributed by atoms with E-state index in [2.05, 4.69) is 28.2 Å². The molecule has 0 saturated heterocycles. The molecule has 0 aliphatic heterocycles. The molecule has 1 aromatic rings. The van der Waals surface area contributed by atoms with Crippen LogP contribution in [-0.4, -0.2) is 31.2 Å². The highest BCUT2D eigenvalue weighted by atomic mass is 79.9. The molecule has 0 spiro atoms. The van der Waals surface area contributed by atoms with Crippen LogP contribution in [-0.2, 0) is 11.2 Å². The van der Waals surface area contributed by atoms with Gasteiger partial charge in [0.25, 0.3) is 5.69 Å². The number of rotatable bonds is 8. The molecule has 0 aliphatic rings. The van der Waals surface area contributed by atoms with E-state index in [1.807, 2.05) is 0 Å². The number of nitro groups is 1. The highest BCUT2D eigenvalue weighted by molar-refractivity contribution is 9.10. The average molecular weight is 331 g/mol. The molecule has 1 atom stereocenters. The van der Waals surface area contributed by atoms with Gasteiger partial charge in [-0.3, -0.25) is 10.1 Å². The van der Waals surface area contributed by atoms with Crippen molar-refractivity contribution in [3.63, 3.8) is 0 Å². The lowest BCUT2D eigenvalue weighted by Crippen LogP contribution is -2.35. The van der Waals surface area contributed by atoms with Gasteiger partial charge in [0, 0.05) is 29.8 Å². The van der Waals surface area contributed by atoms with Crippen molar-refractivity contribution in [1.82, 2.24) is 5.32 Å². The number of hydrogen-bond acceptors (Lipinski definition) is 4. The van der Waals surface area contributed by atoms with Crippen molar-refractivity contribution in [1.29, 1.82) is 0 Å². The van der Waals surface area contributed by atoms with Gasteiger partial charge in [-0.2, -0.15) is 0 Å². The van der Waals surface area contributed by atoms with Crippen LogP contribution in [0.2, 0.25) is 0 Å². The normalized spacial score (nSPS) is 12.4. The molecule has 1 unspecified atom stereocenters. The van der Waals surface area contributed by atoms with E-state index >= 15 is 0 Å². The number of ether oxygens (including phenoxy) is 1. The highest BCUT2D eigenvalue weighted by Crippen LogP contribution is 2.24. The molecule has 106 valence electrons. The van der Waals surface area contributed by atoms with E-state index in [-0.39, 0.29) is 11.7 Å². The second-order valence-corrected chi connectivity index (χ2v) is 5.20. The Morgan fingerprint density at radius 1 is 1.53 bits per heavy atom. The number of non-ortho nitro benzene ring substituents is 1. The lowest BCUT2D eigenvalue weighted by atomic mass is 10.1. The van der Waals surface area contributed by atoms with E-state index in [4.69, 9.17) is 4.74 Å². The average Bonchev–Trinajstić information content (AvgIpc) is 2.38. The fourth-order valence-electron chi connectivity index (χ4n) is 1.82. The third-order valence-corrected chi connectivity index (χ3v) is 3.50. The van der Waals surface area contributed by atoms with Crippen LogP contribution in [0.15, 0.2) is 22.7 Å². The molecule has 6 heteroatoms. The molecule has 1 N–H and O–H groups in total. The molecule has 0 fully saturated rings. The molecular weight excluding hydrogens is 312 g/mol. The summed E-state index contributed by atoms with van der Waals surface area (Å²) >= 11 is 3.39. The van der Waals surface area contributed by atoms with Crippen molar-refractivity contribution in [2.45, 2.75) is 25.8 Å². The maximum atomic E-state index is 10.7. The Morgan fingerprint density at radius 3 is 2.79 bits per heavy atom. The van der Waals surface area contributed by atoms with E-state index in [9.17, 15) is 10.1 Å². The van der Waals surface area contributed by atoms with Crippen LogP contribution in [0.25, 0.3) is 0 Å². The second kappa shape index (κ2) is 8.24. The molecule has 0 saturated carbocycles. The summed E-state index contributed by atoms with van der Waals surface area (Å²) in [7, 11) is 1.67. The Hall–Kier alpha value is -0.980. The van der Waals surface area contributed by atoms with Crippen LogP contribution < -0.4 is 5.32 Å². The van der Waals surface area contributed by atoms with E-state index in [0.717, 1.165) is 29.4 Å². The summed E-state index contributed by atoms with van der Waals surface area (Å²) in [6, 6.07) is 5.07. The summed E-state index contributed by atoms with van der Waals surface area (Å²) in [5.74, 6) is 0. The molecule has 1 aromatic carbocycles. The summed E-state index contributed by atoms with van der Waals surface area (Å²) in [5.41, 5.74) is 1.14. The minimum atomic E-state index is -0.392. The van der Waals surface area contributed by atoms with Crippen LogP contribution in [0.3, 0.4) is 0 Å². The monoisotopic (exact) mass is 330 g/mol. The fraction of sp³-hybridized carbons (Fsp3) is 0.538. The number of nitrogens with one attached hydrogen (secondary N) is 1. The van der Waals surface area contributed by atoms with Crippen molar-refractivity contribution in [3.05, 3.63) is 38.3 Å². The van der Waals surface area contributed by atoms with Crippen LogP contribution in [0.4, 0.5) is 5.69 Å². The van der Waals surface area contributed by atoms with Gasteiger partial charge in [0.1, 0.15) is 0 Å². The topological polar surface area (TPSA) is 64.4 Å². The Bertz CT molecular complexity index is 426. The number of hydrogen-bond donors (Lipinski definition) is 1. The summed E-state index contributed by atoms with van der Waals surface area (Å²) in [5, 5.41) is 14.1. The highest BCUT2D eigenvalue weighted by Gasteiger charge is 2.13. The standard InChI is InChI=1S/C13H19BrN2O3/c1-3-6-15-11(9-19-2)7-10-4-5-12(16(17)18)8-13(10)14/h4-5,8,11,15H,3,6-7,9H2,1-2H3. The van der Waals surface area contributed by atoms with E-state index in [1.165, 1.54) is 6.07 Å². The van der Waals surface area contributed by atoms with Gasteiger partial charge >= 0.3 is 0 Å². The number of benzene rings is 1. The largest absolute Gasteiger partial charge is 0.383 e. The van der Waals surface area contributed by atoms with Gasteiger partial charge in [-0.15, -0.1) is 0 Å².